The van der Waals surface area contributed by atoms with Crippen molar-refractivity contribution in [2.24, 2.45) is 0 Å². The first-order valence-electron chi connectivity index (χ1n) is 9.46. The Labute approximate surface area is 167 Å². The molecule has 0 radical (unpaired) electrons. The highest BCUT2D eigenvalue weighted by molar-refractivity contribution is 7.18. The summed E-state index contributed by atoms with van der Waals surface area (Å²) in [6.45, 7) is 4.72. The number of aromatic nitrogens is 1. The minimum absolute atomic E-state index is 0.146. The van der Waals surface area contributed by atoms with Crippen molar-refractivity contribution in [2.75, 3.05) is 18.4 Å². The number of furan rings is 1. The zero-order valence-corrected chi connectivity index (χ0v) is 16.8. The molecule has 0 aliphatic carbocycles. The lowest BCUT2D eigenvalue weighted by atomic mass is 10.0. The Morgan fingerprint density at radius 1 is 1.39 bits per heavy atom. The van der Waals surface area contributed by atoms with E-state index in [9.17, 15) is 10.1 Å². The number of thiazole rings is 1. The van der Waals surface area contributed by atoms with Crippen LogP contribution in [-0.4, -0.2) is 28.9 Å². The Balaban J connectivity index is 1.51. The van der Waals surface area contributed by atoms with Crippen molar-refractivity contribution in [3.63, 3.8) is 0 Å². The summed E-state index contributed by atoms with van der Waals surface area (Å²) >= 11 is 1.70. The van der Waals surface area contributed by atoms with E-state index in [2.05, 4.69) is 22.4 Å². The van der Waals surface area contributed by atoms with Gasteiger partial charge in [0.05, 0.1) is 22.8 Å². The lowest BCUT2D eigenvalue weighted by Crippen LogP contribution is -2.39. The fourth-order valence-electron chi connectivity index (χ4n) is 3.69. The number of carbonyl (C=O) groups is 1. The van der Waals surface area contributed by atoms with E-state index in [0.29, 0.717) is 11.3 Å². The number of fused-ring (bicyclic) bond motifs is 1. The van der Waals surface area contributed by atoms with Crippen molar-refractivity contribution in [2.45, 2.75) is 39.2 Å². The number of anilines is 1. The summed E-state index contributed by atoms with van der Waals surface area (Å²) in [5.74, 6) is 0.728. The highest BCUT2D eigenvalue weighted by Gasteiger charge is 2.29. The van der Waals surface area contributed by atoms with Crippen LogP contribution in [0.2, 0.25) is 0 Å². The van der Waals surface area contributed by atoms with Gasteiger partial charge in [-0.3, -0.25) is 15.0 Å². The van der Waals surface area contributed by atoms with Gasteiger partial charge in [-0.25, -0.2) is 4.98 Å². The number of benzene rings is 1. The van der Waals surface area contributed by atoms with Crippen molar-refractivity contribution in [3.05, 3.63) is 46.2 Å². The normalized spacial score (nSPS) is 17.5. The quantitative estimate of drug-likeness (QED) is 0.702. The maximum Gasteiger partial charge on any atom is 0.240 e. The van der Waals surface area contributed by atoms with Crippen LogP contribution in [-0.2, 0) is 4.79 Å². The molecule has 0 bridgehead atoms. The average Bonchev–Trinajstić information content (AvgIpc) is 3.23. The van der Waals surface area contributed by atoms with E-state index in [4.69, 9.17) is 9.40 Å². The van der Waals surface area contributed by atoms with Gasteiger partial charge in [0.2, 0.25) is 11.8 Å². The number of hydrogen-bond donors (Lipinski definition) is 1. The van der Waals surface area contributed by atoms with Gasteiger partial charge in [0.1, 0.15) is 22.4 Å². The summed E-state index contributed by atoms with van der Waals surface area (Å²) in [6, 6.07) is 10.4. The molecule has 1 amide bonds. The van der Waals surface area contributed by atoms with Gasteiger partial charge in [0, 0.05) is 5.56 Å². The van der Waals surface area contributed by atoms with Crippen molar-refractivity contribution in [3.8, 4) is 6.07 Å². The van der Waals surface area contributed by atoms with Gasteiger partial charge in [-0.15, -0.1) is 11.3 Å². The predicted molar refractivity (Wildman–Crippen MR) is 109 cm³/mol. The van der Waals surface area contributed by atoms with E-state index in [1.54, 1.807) is 18.3 Å². The molecule has 1 saturated heterocycles. The van der Waals surface area contributed by atoms with E-state index in [1.807, 2.05) is 25.1 Å². The van der Waals surface area contributed by atoms with Crippen LogP contribution >= 0.6 is 11.3 Å². The molecule has 3 heterocycles. The molecule has 0 spiro atoms. The highest BCUT2D eigenvalue weighted by atomic mass is 32.1. The first-order valence-corrected chi connectivity index (χ1v) is 10.3. The standard InChI is InChI=1S/C21H22N4O2S/c1-13-14(2)27-20(15(13)11-22)24-19(26)12-25-10-6-5-8-17(25)21-23-16-7-3-4-9-18(16)28-21/h3-4,7,9,17H,5-6,8,10,12H2,1-2H3,(H,24,26). The summed E-state index contributed by atoms with van der Waals surface area (Å²) in [4.78, 5) is 19.7. The molecule has 144 valence electrons. The summed E-state index contributed by atoms with van der Waals surface area (Å²) < 4.78 is 6.74. The summed E-state index contributed by atoms with van der Waals surface area (Å²) in [5, 5.41) is 13.2. The van der Waals surface area contributed by atoms with Gasteiger partial charge in [0.25, 0.3) is 0 Å². The topological polar surface area (TPSA) is 82.2 Å². The second kappa shape index (κ2) is 7.74. The highest BCUT2D eigenvalue weighted by Crippen LogP contribution is 2.35. The zero-order chi connectivity index (χ0) is 19.7. The number of para-hydroxylation sites is 1. The number of nitriles is 1. The molecule has 1 aromatic carbocycles. The van der Waals surface area contributed by atoms with Crippen molar-refractivity contribution in [1.29, 1.82) is 5.26 Å². The summed E-state index contributed by atoms with van der Waals surface area (Å²) in [5.41, 5.74) is 2.17. The van der Waals surface area contributed by atoms with Crippen molar-refractivity contribution < 1.29 is 9.21 Å². The third-order valence-corrected chi connectivity index (χ3v) is 6.44. The van der Waals surface area contributed by atoms with E-state index < -0.39 is 0 Å². The van der Waals surface area contributed by atoms with Gasteiger partial charge in [0.15, 0.2) is 0 Å². The van der Waals surface area contributed by atoms with E-state index in [-0.39, 0.29) is 24.4 Å². The van der Waals surface area contributed by atoms with E-state index in [1.165, 1.54) is 4.70 Å². The number of amides is 1. The van der Waals surface area contributed by atoms with Gasteiger partial charge in [-0.05, 0) is 45.4 Å². The first kappa shape index (κ1) is 18.7. The Morgan fingerprint density at radius 2 is 2.21 bits per heavy atom. The Bertz CT molecular complexity index is 1030. The van der Waals surface area contributed by atoms with Gasteiger partial charge >= 0.3 is 0 Å². The number of aryl methyl sites for hydroxylation is 1. The lowest BCUT2D eigenvalue weighted by Gasteiger charge is -2.33. The van der Waals surface area contributed by atoms with Crippen LogP contribution in [0.4, 0.5) is 5.88 Å². The summed E-state index contributed by atoms with van der Waals surface area (Å²) in [7, 11) is 0. The summed E-state index contributed by atoms with van der Waals surface area (Å²) in [6.07, 6.45) is 3.19. The smallest absolute Gasteiger partial charge is 0.240 e. The number of likely N-dealkylation sites (tertiary alicyclic amines) is 1. The Morgan fingerprint density at radius 3 is 3.00 bits per heavy atom. The SMILES string of the molecule is Cc1oc(NC(=O)CN2CCCCC2c2nc3ccccc3s2)c(C#N)c1C. The minimum Gasteiger partial charge on any atom is -0.444 e. The maximum absolute atomic E-state index is 12.7. The second-order valence-electron chi connectivity index (χ2n) is 7.15. The lowest BCUT2D eigenvalue weighted by molar-refractivity contribution is -0.118. The van der Waals surface area contributed by atoms with Crippen LogP contribution in [0.5, 0.6) is 0 Å². The first-order chi connectivity index (χ1) is 13.6. The fraction of sp³-hybridized carbons (Fsp3) is 0.381. The number of hydrogen-bond acceptors (Lipinski definition) is 6. The average molecular weight is 395 g/mol. The predicted octanol–water partition coefficient (Wildman–Crippen LogP) is 4.54. The molecule has 2 aromatic heterocycles. The molecule has 28 heavy (non-hydrogen) atoms. The molecule has 3 aromatic rings. The molecule has 4 rings (SSSR count). The number of carbonyl (C=O) groups excluding carboxylic acids is 1. The number of nitrogens with one attached hydrogen (secondary N) is 1. The Hall–Kier alpha value is -2.69. The zero-order valence-electron chi connectivity index (χ0n) is 16.0. The number of nitrogens with zero attached hydrogens (tertiary/aromatic N) is 3. The molecule has 6 nitrogen and oxygen atoms in total. The molecule has 1 atom stereocenters. The van der Waals surface area contributed by atoms with Crippen LogP contribution in [0.25, 0.3) is 10.2 Å². The van der Waals surface area contributed by atoms with Crippen LogP contribution < -0.4 is 5.32 Å². The van der Waals surface area contributed by atoms with Gasteiger partial charge in [-0.1, -0.05) is 18.6 Å². The third-order valence-electron chi connectivity index (χ3n) is 5.31. The van der Waals surface area contributed by atoms with Crippen LogP contribution in [0, 0.1) is 25.2 Å². The largest absolute Gasteiger partial charge is 0.444 e. The molecule has 7 heteroatoms. The van der Waals surface area contributed by atoms with Crippen LogP contribution in [0.3, 0.4) is 0 Å². The molecular formula is C21H22N4O2S. The molecule has 1 unspecified atom stereocenters. The molecular weight excluding hydrogens is 372 g/mol. The van der Waals surface area contributed by atoms with Crippen molar-refractivity contribution >= 4 is 33.3 Å². The monoisotopic (exact) mass is 394 g/mol. The van der Waals surface area contributed by atoms with Crippen molar-refractivity contribution in [1.82, 2.24) is 9.88 Å². The second-order valence-corrected chi connectivity index (χ2v) is 8.21. The van der Waals surface area contributed by atoms with Crippen LogP contribution in [0.1, 0.15) is 47.2 Å². The molecule has 1 aliphatic heterocycles. The van der Waals surface area contributed by atoms with E-state index >= 15 is 0 Å². The number of piperidine rings is 1. The van der Waals surface area contributed by atoms with Gasteiger partial charge < -0.3 is 4.42 Å². The molecule has 0 saturated carbocycles. The van der Waals surface area contributed by atoms with E-state index in [0.717, 1.165) is 41.9 Å². The number of rotatable bonds is 4. The third kappa shape index (κ3) is 3.53. The molecule has 1 N–H and O–H groups in total. The van der Waals surface area contributed by atoms with Gasteiger partial charge in [-0.2, -0.15) is 5.26 Å². The molecule has 1 fully saturated rings. The minimum atomic E-state index is -0.168. The van der Waals surface area contributed by atoms with Crippen LogP contribution in [0.15, 0.2) is 28.7 Å². The maximum atomic E-state index is 12.7. The Kier molecular flexibility index (Phi) is 5.16. The molecule has 1 aliphatic rings. The fourth-order valence-corrected chi connectivity index (χ4v) is 4.83.